The lowest BCUT2D eigenvalue weighted by Crippen LogP contribution is -2.45. The van der Waals surface area contributed by atoms with Gasteiger partial charge in [0.1, 0.15) is 19.0 Å². The molecular formula is C20H19N3O6. The van der Waals surface area contributed by atoms with Crippen LogP contribution in [0.3, 0.4) is 0 Å². The Hall–Kier alpha value is -3.88. The zero-order valence-corrected chi connectivity index (χ0v) is 15.6. The number of nitro groups is 1. The first-order valence-electron chi connectivity index (χ1n) is 8.83. The van der Waals surface area contributed by atoms with Crippen molar-refractivity contribution in [1.82, 2.24) is 10.6 Å². The SMILES string of the molecule is CC1=C(C(=O)OCCOc2ccccc2)C(c2ccc([N+](=O)[O-])cc2)NC(=O)N1. The highest BCUT2D eigenvalue weighted by Crippen LogP contribution is 2.28. The minimum Gasteiger partial charge on any atom is -0.490 e. The molecule has 2 aromatic carbocycles. The van der Waals surface area contributed by atoms with Crippen LogP contribution in [0.25, 0.3) is 0 Å². The van der Waals surface area contributed by atoms with Crippen molar-refractivity contribution in [2.75, 3.05) is 13.2 Å². The van der Waals surface area contributed by atoms with E-state index in [1.54, 1.807) is 19.1 Å². The molecule has 1 heterocycles. The molecule has 0 radical (unpaired) electrons. The van der Waals surface area contributed by atoms with Gasteiger partial charge in [0.15, 0.2) is 0 Å². The third kappa shape index (κ3) is 4.89. The average molecular weight is 397 g/mol. The van der Waals surface area contributed by atoms with E-state index >= 15 is 0 Å². The number of allylic oxidation sites excluding steroid dienone is 1. The predicted molar refractivity (Wildman–Crippen MR) is 103 cm³/mol. The van der Waals surface area contributed by atoms with Crippen LogP contribution < -0.4 is 15.4 Å². The molecule has 9 nitrogen and oxygen atoms in total. The van der Waals surface area contributed by atoms with Crippen molar-refractivity contribution < 1.29 is 24.0 Å². The van der Waals surface area contributed by atoms with Gasteiger partial charge in [0, 0.05) is 17.8 Å². The van der Waals surface area contributed by atoms with Crippen LogP contribution in [0.1, 0.15) is 18.5 Å². The van der Waals surface area contributed by atoms with Crippen molar-refractivity contribution in [3.8, 4) is 5.75 Å². The number of nitrogens with one attached hydrogen (secondary N) is 2. The topological polar surface area (TPSA) is 120 Å². The molecule has 1 atom stereocenters. The Bertz CT molecular complexity index is 940. The highest BCUT2D eigenvalue weighted by molar-refractivity contribution is 5.95. The van der Waals surface area contributed by atoms with E-state index in [9.17, 15) is 19.7 Å². The van der Waals surface area contributed by atoms with Crippen LogP contribution in [-0.2, 0) is 9.53 Å². The Morgan fingerprint density at radius 2 is 1.79 bits per heavy atom. The van der Waals surface area contributed by atoms with Gasteiger partial charge in [-0.2, -0.15) is 0 Å². The summed E-state index contributed by atoms with van der Waals surface area (Å²) in [6, 6.07) is 13.5. The summed E-state index contributed by atoms with van der Waals surface area (Å²) in [4.78, 5) is 34.9. The number of nitrogens with zero attached hydrogens (tertiary/aromatic N) is 1. The zero-order valence-electron chi connectivity index (χ0n) is 15.6. The normalized spacial score (nSPS) is 15.9. The summed E-state index contributed by atoms with van der Waals surface area (Å²) < 4.78 is 10.8. The number of benzene rings is 2. The van der Waals surface area contributed by atoms with Crippen LogP contribution in [-0.4, -0.2) is 30.1 Å². The number of ether oxygens (including phenoxy) is 2. The number of urea groups is 1. The van der Waals surface area contributed by atoms with Gasteiger partial charge in [-0.1, -0.05) is 18.2 Å². The number of nitro benzene ring substituents is 1. The Kier molecular flexibility index (Phi) is 6.08. The van der Waals surface area contributed by atoms with Crippen LogP contribution in [0.2, 0.25) is 0 Å². The number of rotatable bonds is 7. The summed E-state index contributed by atoms with van der Waals surface area (Å²) in [5.41, 5.74) is 1.01. The maximum Gasteiger partial charge on any atom is 0.338 e. The molecular weight excluding hydrogens is 378 g/mol. The number of hydrogen-bond donors (Lipinski definition) is 2. The molecule has 0 aliphatic carbocycles. The van der Waals surface area contributed by atoms with E-state index in [0.29, 0.717) is 17.0 Å². The van der Waals surface area contributed by atoms with Crippen LogP contribution in [0.15, 0.2) is 65.9 Å². The first-order chi connectivity index (χ1) is 14.0. The highest BCUT2D eigenvalue weighted by atomic mass is 16.6. The predicted octanol–water partition coefficient (Wildman–Crippen LogP) is 2.84. The Morgan fingerprint density at radius 1 is 1.10 bits per heavy atom. The van der Waals surface area contributed by atoms with Gasteiger partial charge in [-0.3, -0.25) is 10.1 Å². The first-order valence-corrected chi connectivity index (χ1v) is 8.83. The third-order valence-corrected chi connectivity index (χ3v) is 4.25. The van der Waals surface area contributed by atoms with Gasteiger partial charge in [0.05, 0.1) is 16.5 Å². The molecule has 0 fully saturated rings. The molecule has 29 heavy (non-hydrogen) atoms. The molecule has 0 bridgehead atoms. The van der Waals surface area contributed by atoms with Crippen molar-refractivity contribution in [2.24, 2.45) is 0 Å². The van der Waals surface area contributed by atoms with Gasteiger partial charge < -0.3 is 20.1 Å². The molecule has 9 heteroatoms. The number of amides is 2. The Labute approximate surface area is 166 Å². The van der Waals surface area contributed by atoms with Gasteiger partial charge in [-0.05, 0) is 36.8 Å². The fraction of sp³-hybridized carbons (Fsp3) is 0.200. The fourth-order valence-electron chi connectivity index (χ4n) is 2.89. The molecule has 0 aromatic heterocycles. The molecule has 1 aliphatic heterocycles. The number of non-ortho nitro benzene ring substituents is 1. The van der Waals surface area contributed by atoms with Crippen molar-refractivity contribution >= 4 is 17.7 Å². The second kappa shape index (κ2) is 8.87. The van der Waals surface area contributed by atoms with E-state index in [1.165, 1.54) is 24.3 Å². The lowest BCUT2D eigenvalue weighted by molar-refractivity contribution is -0.384. The molecule has 0 spiro atoms. The second-order valence-electron chi connectivity index (χ2n) is 6.22. The van der Waals surface area contributed by atoms with Gasteiger partial charge in [-0.15, -0.1) is 0 Å². The lowest BCUT2D eigenvalue weighted by Gasteiger charge is -2.28. The standard InChI is InChI=1S/C20H19N3O6/c1-13-17(19(24)29-12-11-28-16-5-3-2-4-6-16)18(22-20(25)21-13)14-7-9-15(10-8-14)23(26)27/h2-10,18H,11-12H2,1H3,(H2,21,22,25). The maximum atomic E-state index is 12.7. The van der Waals surface area contributed by atoms with Crippen molar-refractivity contribution in [2.45, 2.75) is 13.0 Å². The number of carbonyl (C=O) groups excluding carboxylic acids is 2. The van der Waals surface area contributed by atoms with Crippen molar-refractivity contribution in [3.05, 3.63) is 81.5 Å². The summed E-state index contributed by atoms with van der Waals surface area (Å²) in [6.45, 7) is 1.78. The summed E-state index contributed by atoms with van der Waals surface area (Å²) in [6.07, 6.45) is 0. The molecule has 2 aromatic rings. The molecule has 1 aliphatic rings. The molecule has 0 saturated heterocycles. The number of carbonyl (C=O) groups is 2. The van der Waals surface area contributed by atoms with Gasteiger partial charge in [-0.25, -0.2) is 9.59 Å². The minimum absolute atomic E-state index is 0.0193. The number of para-hydroxylation sites is 1. The van der Waals surface area contributed by atoms with Gasteiger partial charge in [0.2, 0.25) is 0 Å². The summed E-state index contributed by atoms with van der Waals surface area (Å²) >= 11 is 0. The molecule has 0 saturated carbocycles. The van der Waals surface area contributed by atoms with E-state index in [2.05, 4.69) is 10.6 Å². The fourth-order valence-corrected chi connectivity index (χ4v) is 2.89. The molecule has 1 unspecified atom stereocenters. The highest BCUT2D eigenvalue weighted by Gasteiger charge is 2.32. The van der Waals surface area contributed by atoms with E-state index < -0.39 is 23.0 Å². The summed E-state index contributed by atoms with van der Waals surface area (Å²) in [5.74, 6) is 0.0457. The molecule has 2 amide bonds. The quantitative estimate of drug-likeness (QED) is 0.321. The molecule has 150 valence electrons. The second-order valence-corrected chi connectivity index (χ2v) is 6.22. The van der Waals surface area contributed by atoms with Crippen LogP contribution >= 0.6 is 0 Å². The van der Waals surface area contributed by atoms with E-state index in [0.717, 1.165) is 0 Å². The smallest absolute Gasteiger partial charge is 0.338 e. The van der Waals surface area contributed by atoms with Gasteiger partial charge in [0.25, 0.3) is 5.69 Å². The van der Waals surface area contributed by atoms with E-state index in [1.807, 2.05) is 18.2 Å². The minimum atomic E-state index is -0.785. The Balaban J connectivity index is 1.69. The van der Waals surface area contributed by atoms with Crippen LogP contribution in [0, 0.1) is 10.1 Å². The van der Waals surface area contributed by atoms with Crippen LogP contribution in [0.4, 0.5) is 10.5 Å². The summed E-state index contributed by atoms with van der Waals surface area (Å²) in [5, 5.41) is 16.0. The van der Waals surface area contributed by atoms with Gasteiger partial charge >= 0.3 is 12.0 Å². The van der Waals surface area contributed by atoms with Crippen molar-refractivity contribution in [1.29, 1.82) is 0 Å². The van der Waals surface area contributed by atoms with E-state index in [-0.39, 0.29) is 24.5 Å². The number of esters is 1. The number of hydrogen-bond acceptors (Lipinski definition) is 6. The van der Waals surface area contributed by atoms with E-state index in [4.69, 9.17) is 9.47 Å². The Morgan fingerprint density at radius 3 is 2.45 bits per heavy atom. The zero-order chi connectivity index (χ0) is 20.8. The van der Waals surface area contributed by atoms with Crippen LogP contribution in [0.5, 0.6) is 5.75 Å². The summed E-state index contributed by atoms with van der Waals surface area (Å²) in [7, 11) is 0. The maximum absolute atomic E-state index is 12.7. The monoisotopic (exact) mass is 397 g/mol. The largest absolute Gasteiger partial charge is 0.490 e. The third-order valence-electron chi connectivity index (χ3n) is 4.25. The molecule has 3 rings (SSSR count). The first kappa shape index (κ1) is 19.9. The van der Waals surface area contributed by atoms with Crippen molar-refractivity contribution in [3.63, 3.8) is 0 Å². The molecule has 2 N–H and O–H groups in total. The average Bonchev–Trinajstić information content (AvgIpc) is 2.71. The lowest BCUT2D eigenvalue weighted by atomic mass is 9.95.